The first-order valence-corrected chi connectivity index (χ1v) is 7.57. The average molecular weight is 246 g/mol. The van der Waals surface area contributed by atoms with Crippen LogP contribution in [0.4, 0.5) is 0 Å². The lowest BCUT2D eigenvalue weighted by Crippen LogP contribution is -2.23. The second-order valence-corrected chi connectivity index (χ2v) is 6.46. The molecule has 1 rings (SSSR count). The third-order valence-electron chi connectivity index (χ3n) is 3.31. The number of hydrogen-bond donors (Lipinski definition) is 2. The Labute approximate surface area is 98.1 Å². The van der Waals surface area contributed by atoms with Crippen molar-refractivity contribution in [2.75, 3.05) is 5.75 Å². The smallest absolute Gasteiger partial charge is 0.209 e. The molecule has 1 aliphatic rings. The van der Waals surface area contributed by atoms with Crippen LogP contribution >= 0.6 is 0 Å². The molecule has 0 fully saturated rings. The maximum Gasteiger partial charge on any atom is 0.209 e. The van der Waals surface area contributed by atoms with Crippen LogP contribution in [0.5, 0.6) is 0 Å². The second kappa shape index (κ2) is 5.68. The normalized spacial score (nSPS) is 26.5. The Morgan fingerprint density at radius 1 is 1.44 bits per heavy atom. The van der Waals surface area contributed by atoms with Gasteiger partial charge in [0.2, 0.25) is 10.0 Å². The lowest BCUT2D eigenvalue weighted by atomic mass is 9.80. The zero-order valence-electron chi connectivity index (χ0n) is 9.85. The SMILES string of the molecule is CC1CCC=C(N)C1CCCCS(N)(=O)=O. The number of nitrogens with two attached hydrogens (primary N) is 2. The van der Waals surface area contributed by atoms with Crippen molar-refractivity contribution >= 4 is 10.0 Å². The fraction of sp³-hybridized carbons (Fsp3) is 0.818. The van der Waals surface area contributed by atoms with E-state index in [-0.39, 0.29) is 5.75 Å². The predicted molar refractivity (Wildman–Crippen MR) is 66.0 cm³/mol. The molecule has 0 spiro atoms. The topological polar surface area (TPSA) is 86.2 Å². The van der Waals surface area contributed by atoms with Gasteiger partial charge in [-0.3, -0.25) is 0 Å². The van der Waals surface area contributed by atoms with E-state index in [0.717, 1.165) is 25.0 Å². The fourth-order valence-corrected chi connectivity index (χ4v) is 2.92. The van der Waals surface area contributed by atoms with Gasteiger partial charge in [0.15, 0.2) is 0 Å². The Morgan fingerprint density at radius 3 is 2.69 bits per heavy atom. The molecule has 0 aromatic rings. The van der Waals surface area contributed by atoms with Crippen molar-refractivity contribution in [3.63, 3.8) is 0 Å². The molecule has 0 saturated heterocycles. The van der Waals surface area contributed by atoms with E-state index in [1.165, 1.54) is 6.42 Å². The highest BCUT2D eigenvalue weighted by Gasteiger charge is 2.22. The lowest BCUT2D eigenvalue weighted by molar-refractivity contribution is 0.337. The minimum Gasteiger partial charge on any atom is -0.402 e. The first-order valence-electron chi connectivity index (χ1n) is 5.86. The zero-order valence-corrected chi connectivity index (χ0v) is 10.7. The molecule has 0 aliphatic heterocycles. The van der Waals surface area contributed by atoms with Crippen LogP contribution in [-0.2, 0) is 10.0 Å². The third-order valence-corrected chi connectivity index (χ3v) is 4.17. The van der Waals surface area contributed by atoms with E-state index < -0.39 is 10.0 Å². The largest absolute Gasteiger partial charge is 0.402 e. The van der Waals surface area contributed by atoms with E-state index in [1.54, 1.807) is 0 Å². The summed E-state index contributed by atoms with van der Waals surface area (Å²) in [6.45, 7) is 2.21. The third kappa shape index (κ3) is 4.53. The van der Waals surface area contributed by atoms with Gasteiger partial charge in [0.05, 0.1) is 5.75 Å². The van der Waals surface area contributed by atoms with Gasteiger partial charge in [-0.05, 0) is 31.6 Å². The molecule has 94 valence electrons. The fourth-order valence-electron chi connectivity index (χ4n) is 2.31. The molecule has 0 bridgehead atoms. The quantitative estimate of drug-likeness (QED) is 0.718. The summed E-state index contributed by atoms with van der Waals surface area (Å²) in [7, 11) is -3.30. The Hall–Kier alpha value is -0.550. The average Bonchev–Trinajstić information content (AvgIpc) is 2.14. The van der Waals surface area contributed by atoms with Crippen molar-refractivity contribution in [1.82, 2.24) is 0 Å². The monoisotopic (exact) mass is 246 g/mol. The predicted octanol–water partition coefficient (Wildman–Crippen LogP) is 1.33. The van der Waals surface area contributed by atoms with Gasteiger partial charge < -0.3 is 5.73 Å². The van der Waals surface area contributed by atoms with E-state index in [4.69, 9.17) is 10.9 Å². The summed E-state index contributed by atoms with van der Waals surface area (Å²) >= 11 is 0. The molecule has 16 heavy (non-hydrogen) atoms. The van der Waals surface area contributed by atoms with Crippen molar-refractivity contribution in [3.05, 3.63) is 11.8 Å². The summed E-state index contributed by atoms with van der Waals surface area (Å²) in [6.07, 6.45) is 6.83. The van der Waals surface area contributed by atoms with E-state index in [9.17, 15) is 8.42 Å². The Kier molecular flexibility index (Phi) is 4.80. The van der Waals surface area contributed by atoms with Crippen molar-refractivity contribution in [3.8, 4) is 0 Å². The van der Waals surface area contributed by atoms with Crippen molar-refractivity contribution < 1.29 is 8.42 Å². The van der Waals surface area contributed by atoms with E-state index in [2.05, 4.69) is 13.0 Å². The molecule has 4 nitrogen and oxygen atoms in total. The molecule has 0 aromatic heterocycles. The lowest BCUT2D eigenvalue weighted by Gasteiger charge is -2.28. The molecule has 0 radical (unpaired) electrons. The minimum absolute atomic E-state index is 0.0811. The van der Waals surface area contributed by atoms with Crippen LogP contribution in [-0.4, -0.2) is 14.2 Å². The second-order valence-electron chi connectivity index (χ2n) is 4.73. The highest BCUT2D eigenvalue weighted by Crippen LogP contribution is 2.31. The van der Waals surface area contributed by atoms with Gasteiger partial charge in [-0.25, -0.2) is 13.6 Å². The number of rotatable bonds is 5. The van der Waals surface area contributed by atoms with Gasteiger partial charge in [-0.2, -0.15) is 0 Å². The number of primary sulfonamides is 1. The first kappa shape index (κ1) is 13.5. The highest BCUT2D eigenvalue weighted by atomic mass is 32.2. The maximum atomic E-state index is 10.8. The van der Waals surface area contributed by atoms with Gasteiger partial charge in [0, 0.05) is 11.6 Å². The summed E-state index contributed by atoms with van der Waals surface area (Å²) in [5.41, 5.74) is 6.94. The Bertz CT molecular complexity index is 349. The van der Waals surface area contributed by atoms with Crippen molar-refractivity contribution in [1.29, 1.82) is 0 Å². The molecule has 0 amide bonds. The van der Waals surface area contributed by atoms with Gasteiger partial charge in [-0.1, -0.05) is 19.4 Å². The number of hydrogen-bond acceptors (Lipinski definition) is 3. The van der Waals surface area contributed by atoms with Crippen LogP contribution < -0.4 is 10.9 Å². The van der Waals surface area contributed by atoms with Crippen LogP contribution in [0.3, 0.4) is 0 Å². The molecule has 0 saturated carbocycles. The van der Waals surface area contributed by atoms with Crippen LogP contribution in [0.2, 0.25) is 0 Å². The number of allylic oxidation sites excluding steroid dienone is 2. The summed E-state index contributed by atoms with van der Waals surface area (Å²) < 4.78 is 21.5. The van der Waals surface area contributed by atoms with Crippen molar-refractivity contribution in [2.24, 2.45) is 22.7 Å². The molecule has 2 atom stereocenters. The Balaban J connectivity index is 2.32. The zero-order chi connectivity index (χ0) is 12.2. The molecule has 0 aromatic carbocycles. The van der Waals surface area contributed by atoms with Gasteiger partial charge in [0.1, 0.15) is 0 Å². The Morgan fingerprint density at radius 2 is 2.12 bits per heavy atom. The molecule has 4 N–H and O–H groups in total. The molecule has 0 heterocycles. The van der Waals surface area contributed by atoms with E-state index >= 15 is 0 Å². The molecule has 5 heteroatoms. The summed E-state index contributed by atoms with van der Waals surface area (Å²) in [4.78, 5) is 0. The number of unbranched alkanes of at least 4 members (excludes halogenated alkanes) is 1. The van der Waals surface area contributed by atoms with Gasteiger partial charge in [-0.15, -0.1) is 0 Å². The van der Waals surface area contributed by atoms with Crippen LogP contribution in [0.1, 0.15) is 39.0 Å². The standard InChI is InChI=1S/C11H22N2O2S/c1-9-5-4-7-11(12)10(9)6-2-3-8-16(13,14)15/h7,9-10H,2-6,8,12H2,1H3,(H2,13,14,15). The summed E-state index contributed by atoms with van der Waals surface area (Å²) in [5.74, 6) is 1.12. The first-order chi connectivity index (χ1) is 7.40. The summed E-state index contributed by atoms with van der Waals surface area (Å²) in [5, 5.41) is 4.95. The van der Waals surface area contributed by atoms with E-state index in [0.29, 0.717) is 18.3 Å². The molecular weight excluding hydrogens is 224 g/mol. The maximum absolute atomic E-state index is 10.8. The minimum atomic E-state index is -3.30. The van der Waals surface area contributed by atoms with E-state index in [1.807, 2.05) is 0 Å². The van der Waals surface area contributed by atoms with Crippen molar-refractivity contribution in [2.45, 2.75) is 39.0 Å². The van der Waals surface area contributed by atoms with Crippen LogP contribution in [0.25, 0.3) is 0 Å². The number of sulfonamides is 1. The molecule has 2 unspecified atom stereocenters. The summed E-state index contributed by atoms with van der Waals surface area (Å²) in [6, 6.07) is 0. The van der Waals surface area contributed by atoms with Gasteiger partial charge >= 0.3 is 0 Å². The van der Waals surface area contributed by atoms with Crippen LogP contribution in [0.15, 0.2) is 11.8 Å². The molecule has 1 aliphatic carbocycles. The van der Waals surface area contributed by atoms with Crippen LogP contribution in [0, 0.1) is 11.8 Å². The highest BCUT2D eigenvalue weighted by molar-refractivity contribution is 7.89. The molecular formula is C11H22N2O2S. The van der Waals surface area contributed by atoms with Gasteiger partial charge in [0.25, 0.3) is 0 Å².